The molecular formula is C17H17Cl2N5O. The van der Waals surface area contributed by atoms with Crippen LogP contribution in [0, 0.1) is 0 Å². The average Bonchev–Trinajstić information content (AvgIpc) is 3.23. The highest BCUT2D eigenvalue weighted by atomic mass is 35.5. The molecule has 0 aliphatic heterocycles. The number of amides is 1. The van der Waals surface area contributed by atoms with Gasteiger partial charge in [0.1, 0.15) is 5.69 Å². The van der Waals surface area contributed by atoms with Gasteiger partial charge in [0, 0.05) is 30.4 Å². The standard InChI is InChI=1S/C17H17Cl2N5O/c1-3-24-12(6-7-20-24)10-23(2)17(25)16-9-15(21-22-16)13-5-4-11(18)8-14(13)19/h4-9H,3,10H2,1-2H3,(H,21,22). The van der Waals surface area contributed by atoms with E-state index in [9.17, 15) is 4.79 Å². The molecule has 0 spiro atoms. The fraction of sp³-hybridized carbons (Fsp3) is 0.235. The first-order valence-corrected chi connectivity index (χ1v) is 8.52. The third kappa shape index (κ3) is 3.70. The van der Waals surface area contributed by atoms with Crippen LogP contribution in [0.5, 0.6) is 0 Å². The minimum absolute atomic E-state index is 0.160. The molecule has 0 atom stereocenters. The van der Waals surface area contributed by atoms with Crippen LogP contribution in [0.15, 0.2) is 36.5 Å². The molecule has 130 valence electrons. The number of nitrogens with zero attached hydrogens (tertiary/aromatic N) is 4. The van der Waals surface area contributed by atoms with Crippen molar-refractivity contribution in [3.8, 4) is 11.3 Å². The quantitative estimate of drug-likeness (QED) is 0.733. The molecule has 0 fully saturated rings. The van der Waals surface area contributed by atoms with E-state index in [4.69, 9.17) is 23.2 Å². The van der Waals surface area contributed by atoms with Crippen molar-refractivity contribution in [2.75, 3.05) is 7.05 Å². The number of benzene rings is 1. The number of hydrogen-bond donors (Lipinski definition) is 1. The van der Waals surface area contributed by atoms with Gasteiger partial charge in [-0.05, 0) is 37.3 Å². The summed E-state index contributed by atoms with van der Waals surface area (Å²) >= 11 is 12.1. The van der Waals surface area contributed by atoms with E-state index in [0.717, 1.165) is 12.2 Å². The Morgan fingerprint density at radius 2 is 2.08 bits per heavy atom. The van der Waals surface area contributed by atoms with Gasteiger partial charge in [0.2, 0.25) is 0 Å². The first kappa shape index (κ1) is 17.5. The van der Waals surface area contributed by atoms with Crippen molar-refractivity contribution in [2.45, 2.75) is 20.0 Å². The molecule has 25 heavy (non-hydrogen) atoms. The molecular weight excluding hydrogens is 361 g/mol. The molecule has 0 unspecified atom stereocenters. The lowest BCUT2D eigenvalue weighted by Crippen LogP contribution is -2.27. The second kappa shape index (κ2) is 7.29. The van der Waals surface area contributed by atoms with Gasteiger partial charge in [-0.3, -0.25) is 14.6 Å². The summed E-state index contributed by atoms with van der Waals surface area (Å²) in [5.74, 6) is -0.160. The SMILES string of the molecule is CCn1nccc1CN(C)C(=O)c1cc(-c2ccc(Cl)cc2Cl)n[nH]1. The topological polar surface area (TPSA) is 66.8 Å². The zero-order chi connectivity index (χ0) is 18.0. The molecule has 1 N–H and O–H groups in total. The van der Waals surface area contributed by atoms with E-state index >= 15 is 0 Å². The molecule has 1 amide bonds. The van der Waals surface area contributed by atoms with Crippen LogP contribution in [-0.2, 0) is 13.1 Å². The van der Waals surface area contributed by atoms with E-state index in [1.165, 1.54) is 0 Å². The number of aromatic nitrogens is 4. The first-order valence-electron chi connectivity index (χ1n) is 7.76. The number of carbonyl (C=O) groups is 1. The van der Waals surface area contributed by atoms with Gasteiger partial charge in [0.05, 0.1) is 23.0 Å². The lowest BCUT2D eigenvalue weighted by Gasteiger charge is -2.16. The smallest absolute Gasteiger partial charge is 0.271 e. The molecule has 2 heterocycles. The Hall–Kier alpha value is -2.31. The largest absolute Gasteiger partial charge is 0.335 e. The summed E-state index contributed by atoms with van der Waals surface area (Å²) in [4.78, 5) is 14.2. The van der Waals surface area contributed by atoms with Crippen LogP contribution in [-0.4, -0.2) is 37.8 Å². The van der Waals surface area contributed by atoms with Gasteiger partial charge in [0.25, 0.3) is 5.91 Å². The van der Waals surface area contributed by atoms with Crippen molar-refractivity contribution in [3.63, 3.8) is 0 Å². The van der Waals surface area contributed by atoms with Gasteiger partial charge in [-0.1, -0.05) is 23.2 Å². The number of hydrogen-bond acceptors (Lipinski definition) is 3. The maximum atomic E-state index is 12.6. The molecule has 3 aromatic rings. The summed E-state index contributed by atoms with van der Waals surface area (Å²) in [5.41, 5.74) is 2.68. The lowest BCUT2D eigenvalue weighted by atomic mass is 10.1. The zero-order valence-electron chi connectivity index (χ0n) is 13.8. The van der Waals surface area contributed by atoms with Crippen LogP contribution in [0.4, 0.5) is 0 Å². The Morgan fingerprint density at radius 3 is 2.80 bits per heavy atom. The Morgan fingerprint density at radius 1 is 1.28 bits per heavy atom. The minimum Gasteiger partial charge on any atom is -0.335 e. The molecule has 8 heteroatoms. The predicted octanol–water partition coefficient (Wildman–Crippen LogP) is 3.87. The van der Waals surface area contributed by atoms with Crippen molar-refractivity contribution >= 4 is 29.1 Å². The number of aryl methyl sites for hydroxylation is 1. The van der Waals surface area contributed by atoms with Crippen molar-refractivity contribution in [1.82, 2.24) is 24.9 Å². The van der Waals surface area contributed by atoms with Gasteiger partial charge >= 0.3 is 0 Å². The highest BCUT2D eigenvalue weighted by Gasteiger charge is 2.18. The summed E-state index contributed by atoms with van der Waals surface area (Å²) in [5, 5.41) is 12.2. The number of H-pyrrole nitrogens is 1. The second-order valence-electron chi connectivity index (χ2n) is 5.59. The van der Waals surface area contributed by atoms with Crippen molar-refractivity contribution in [1.29, 1.82) is 0 Å². The maximum absolute atomic E-state index is 12.6. The summed E-state index contributed by atoms with van der Waals surface area (Å²) in [7, 11) is 1.74. The minimum atomic E-state index is -0.160. The van der Waals surface area contributed by atoms with E-state index in [0.29, 0.717) is 33.5 Å². The van der Waals surface area contributed by atoms with Crippen LogP contribution < -0.4 is 0 Å². The molecule has 0 radical (unpaired) electrons. The summed E-state index contributed by atoms with van der Waals surface area (Å²) in [6.07, 6.45) is 1.73. The predicted molar refractivity (Wildman–Crippen MR) is 97.7 cm³/mol. The summed E-state index contributed by atoms with van der Waals surface area (Å²) < 4.78 is 1.86. The van der Waals surface area contributed by atoms with E-state index < -0.39 is 0 Å². The highest BCUT2D eigenvalue weighted by molar-refractivity contribution is 6.36. The molecule has 6 nitrogen and oxygen atoms in total. The first-order chi connectivity index (χ1) is 12.0. The number of halogens is 2. The van der Waals surface area contributed by atoms with Crippen molar-refractivity contribution < 1.29 is 4.79 Å². The monoisotopic (exact) mass is 377 g/mol. The Bertz CT molecular complexity index is 902. The average molecular weight is 378 g/mol. The lowest BCUT2D eigenvalue weighted by molar-refractivity contribution is 0.0775. The van der Waals surface area contributed by atoms with Gasteiger partial charge in [-0.2, -0.15) is 10.2 Å². The normalized spacial score (nSPS) is 10.9. The second-order valence-corrected chi connectivity index (χ2v) is 6.43. The molecule has 0 saturated heterocycles. The molecule has 1 aromatic carbocycles. The Labute approximate surface area is 155 Å². The molecule has 0 aliphatic carbocycles. The van der Waals surface area contributed by atoms with Gasteiger partial charge in [-0.15, -0.1) is 0 Å². The summed E-state index contributed by atoms with van der Waals surface area (Å²) in [6, 6.07) is 8.74. The third-order valence-electron chi connectivity index (χ3n) is 3.87. The maximum Gasteiger partial charge on any atom is 0.271 e. The van der Waals surface area contributed by atoms with E-state index in [2.05, 4.69) is 15.3 Å². The molecule has 0 bridgehead atoms. The summed E-state index contributed by atoms with van der Waals surface area (Å²) in [6.45, 7) is 3.23. The van der Waals surface area contributed by atoms with Crippen molar-refractivity contribution in [3.05, 3.63) is 58.0 Å². The third-order valence-corrected chi connectivity index (χ3v) is 4.41. The van der Waals surface area contributed by atoms with E-state index in [-0.39, 0.29) is 5.91 Å². The number of carbonyl (C=O) groups excluding carboxylic acids is 1. The molecule has 3 rings (SSSR count). The number of rotatable bonds is 5. The molecule has 0 aliphatic rings. The fourth-order valence-electron chi connectivity index (χ4n) is 2.57. The highest BCUT2D eigenvalue weighted by Crippen LogP contribution is 2.29. The van der Waals surface area contributed by atoms with E-state index in [1.54, 1.807) is 42.4 Å². The van der Waals surface area contributed by atoms with Crippen LogP contribution >= 0.6 is 23.2 Å². The Kier molecular flexibility index (Phi) is 5.11. The Balaban J connectivity index is 1.78. The van der Waals surface area contributed by atoms with Crippen LogP contribution in [0.2, 0.25) is 10.0 Å². The fourth-order valence-corrected chi connectivity index (χ4v) is 3.07. The van der Waals surface area contributed by atoms with Gasteiger partial charge in [0.15, 0.2) is 0 Å². The van der Waals surface area contributed by atoms with Gasteiger partial charge in [-0.25, -0.2) is 0 Å². The van der Waals surface area contributed by atoms with Crippen molar-refractivity contribution in [2.24, 2.45) is 0 Å². The van der Waals surface area contributed by atoms with Gasteiger partial charge < -0.3 is 4.90 Å². The molecule has 0 saturated carbocycles. The van der Waals surface area contributed by atoms with Crippen LogP contribution in [0.1, 0.15) is 23.1 Å². The number of aromatic amines is 1. The molecule has 2 aromatic heterocycles. The van der Waals surface area contributed by atoms with E-state index in [1.807, 2.05) is 17.7 Å². The number of nitrogens with one attached hydrogen (secondary N) is 1. The van der Waals surface area contributed by atoms with Crippen LogP contribution in [0.3, 0.4) is 0 Å². The van der Waals surface area contributed by atoms with Crippen LogP contribution in [0.25, 0.3) is 11.3 Å². The zero-order valence-corrected chi connectivity index (χ0v) is 15.3.